The minimum Gasteiger partial charge on any atom is -0.312 e. The van der Waals surface area contributed by atoms with Gasteiger partial charge in [0.2, 0.25) is 0 Å². The first-order valence-corrected chi connectivity index (χ1v) is 7.99. The highest BCUT2D eigenvalue weighted by molar-refractivity contribution is 7.12. The average molecular weight is 292 g/mol. The third kappa shape index (κ3) is 2.71. The van der Waals surface area contributed by atoms with Gasteiger partial charge < -0.3 is 5.32 Å². The molecule has 0 bridgehead atoms. The van der Waals surface area contributed by atoms with Crippen molar-refractivity contribution in [3.8, 4) is 0 Å². The van der Waals surface area contributed by atoms with E-state index in [0.717, 1.165) is 11.4 Å². The molecular formula is C16H18ClNS. The summed E-state index contributed by atoms with van der Waals surface area (Å²) in [5, 5.41) is 4.30. The summed E-state index contributed by atoms with van der Waals surface area (Å²) in [4.78, 5) is 3.04. The Morgan fingerprint density at radius 2 is 2.16 bits per heavy atom. The number of hydrogen-bond acceptors (Lipinski definition) is 2. The molecule has 1 aliphatic rings. The highest BCUT2D eigenvalue weighted by atomic mass is 35.5. The first kappa shape index (κ1) is 13.2. The van der Waals surface area contributed by atoms with Crippen LogP contribution in [0.3, 0.4) is 0 Å². The number of fused-ring (bicyclic) bond motifs is 1. The molecule has 3 heteroatoms. The summed E-state index contributed by atoms with van der Waals surface area (Å²) in [7, 11) is 2.03. The van der Waals surface area contributed by atoms with Crippen LogP contribution in [0.5, 0.6) is 0 Å². The first-order chi connectivity index (χ1) is 9.28. The molecule has 2 aromatic rings. The Balaban J connectivity index is 1.82. The molecule has 0 aliphatic heterocycles. The molecule has 1 atom stereocenters. The Bertz CT molecular complexity index is 554. The molecule has 0 fully saturated rings. The van der Waals surface area contributed by atoms with Crippen LogP contribution in [0, 0.1) is 0 Å². The molecular weight excluding hydrogens is 274 g/mol. The second-order valence-electron chi connectivity index (χ2n) is 5.09. The van der Waals surface area contributed by atoms with Crippen LogP contribution in [0.2, 0.25) is 5.02 Å². The van der Waals surface area contributed by atoms with Crippen LogP contribution in [0.4, 0.5) is 0 Å². The third-order valence-electron chi connectivity index (χ3n) is 3.84. The van der Waals surface area contributed by atoms with Crippen molar-refractivity contribution in [3.63, 3.8) is 0 Å². The van der Waals surface area contributed by atoms with Gasteiger partial charge in [-0.05, 0) is 56.0 Å². The van der Waals surface area contributed by atoms with E-state index in [1.54, 1.807) is 10.4 Å². The molecule has 0 saturated carbocycles. The van der Waals surface area contributed by atoms with Gasteiger partial charge in [-0.2, -0.15) is 0 Å². The topological polar surface area (TPSA) is 12.0 Å². The second-order valence-corrected chi connectivity index (χ2v) is 6.66. The molecule has 1 unspecified atom stereocenters. The molecule has 1 heterocycles. The molecule has 100 valence electrons. The van der Waals surface area contributed by atoms with Gasteiger partial charge in [0.15, 0.2) is 0 Å². The van der Waals surface area contributed by atoms with Gasteiger partial charge in [-0.25, -0.2) is 0 Å². The zero-order valence-corrected chi connectivity index (χ0v) is 12.7. The molecule has 0 radical (unpaired) electrons. The minimum absolute atomic E-state index is 0.371. The van der Waals surface area contributed by atoms with Crippen molar-refractivity contribution in [2.24, 2.45) is 0 Å². The number of likely N-dealkylation sites (N-methyl/N-ethyl adjacent to an activating group) is 1. The molecule has 0 amide bonds. The van der Waals surface area contributed by atoms with E-state index < -0.39 is 0 Å². The van der Waals surface area contributed by atoms with Crippen molar-refractivity contribution >= 4 is 22.9 Å². The Morgan fingerprint density at radius 3 is 2.89 bits per heavy atom. The molecule has 19 heavy (non-hydrogen) atoms. The summed E-state index contributed by atoms with van der Waals surface area (Å²) in [6.45, 7) is 0. The summed E-state index contributed by atoms with van der Waals surface area (Å²) in [5.74, 6) is 0. The van der Waals surface area contributed by atoms with E-state index >= 15 is 0 Å². The average Bonchev–Trinajstić information content (AvgIpc) is 2.98. The molecule has 1 nitrogen and oxygen atoms in total. The van der Waals surface area contributed by atoms with Crippen LogP contribution in [-0.4, -0.2) is 7.05 Å². The van der Waals surface area contributed by atoms with Crippen molar-refractivity contribution in [2.75, 3.05) is 7.05 Å². The quantitative estimate of drug-likeness (QED) is 0.881. The number of thiophene rings is 1. The molecule has 3 rings (SSSR count). The Morgan fingerprint density at radius 1 is 1.32 bits per heavy atom. The van der Waals surface area contributed by atoms with Crippen LogP contribution >= 0.6 is 22.9 Å². The lowest BCUT2D eigenvalue weighted by molar-refractivity contribution is 0.602. The van der Waals surface area contributed by atoms with Gasteiger partial charge in [0.25, 0.3) is 0 Å². The Kier molecular flexibility index (Phi) is 3.92. The van der Waals surface area contributed by atoms with Crippen molar-refractivity contribution < 1.29 is 0 Å². The predicted octanol–water partition coefficient (Wildman–Crippen LogP) is 4.39. The fourth-order valence-corrected chi connectivity index (χ4v) is 4.33. The van der Waals surface area contributed by atoms with Crippen LogP contribution in [0.1, 0.15) is 33.3 Å². The number of hydrogen-bond donors (Lipinski definition) is 1. The van der Waals surface area contributed by atoms with Crippen molar-refractivity contribution in [1.82, 2.24) is 5.32 Å². The van der Waals surface area contributed by atoms with E-state index in [-0.39, 0.29) is 0 Å². The Labute approximate surface area is 123 Å². The van der Waals surface area contributed by atoms with Crippen LogP contribution in [0.25, 0.3) is 0 Å². The molecule has 1 aromatic heterocycles. The fourth-order valence-electron chi connectivity index (χ4n) is 2.75. The maximum Gasteiger partial charge on any atom is 0.0453 e. The maximum absolute atomic E-state index is 6.26. The molecule has 1 aromatic carbocycles. The molecule has 0 saturated heterocycles. The van der Waals surface area contributed by atoms with Gasteiger partial charge in [-0.3, -0.25) is 0 Å². The molecule has 1 N–H and O–H groups in total. The van der Waals surface area contributed by atoms with Gasteiger partial charge in [0.1, 0.15) is 0 Å². The highest BCUT2D eigenvalue weighted by Crippen LogP contribution is 2.35. The summed E-state index contributed by atoms with van der Waals surface area (Å²) < 4.78 is 0. The summed E-state index contributed by atoms with van der Waals surface area (Å²) in [6.07, 6.45) is 4.81. The van der Waals surface area contributed by atoms with Gasteiger partial charge in [0.05, 0.1) is 0 Å². The smallest absolute Gasteiger partial charge is 0.0453 e. The summed E-state index contributed by atoms with van der Waals surface area (Å²) >= 11 is 8.24. The lowest BCUT2D eigenvalue weighted by atomic mass is 10.0. The van der Waals surface area contributed by atoms with Crippen molar-refractivity contribution in [1.29, 1.82) is 0 Å². The highest BCUT2D eigenvalue weighted by Gasteiger charge is 2.20. The van der Waals surface area contributed by atoms with Gasteiger partial charge in [-0.1, -0.05) is 29.8 Å². The molecule has 1 aliphatic carbocycles. The van der Waals surface area contributed by atoms with Crippen molar-refractivity contribution in [2.45, 2.75) is 31.7 Å². The van der Waals surface area contributed by atoms with E-state index in [0.29, 0.717) is 6.04 Å². The van der Waals surface area contributed by atoms with E-state index in [1.165, 1.54) is 29.7 Å². The van der Waals surface area contributed by atoms with Gasteiger partial charge in [-0.15, -0.1) is 11.3 Å². The zero-order valence-electron chi connectivity index (χ0n) is 11.1. The van der Waals surface area contributed by atoms with E-state index in [9.17, 15) is 0 Å². The number of halogens is 1. The normalized spacial score (nSPS) is 15.5. The zero-order chi connectivity index (χ0) is 13.2. The first-order valence-electron chi connectivity index (χ1n) is 6.80. The van der Waals surface area contributed by atoms with Gasteiger partial charge in [0, 0.05) is 20.8 Å². The standard InChI is InChI=1S/C16H18ClNS/c1-18-14(9-11-5-2-3-7-13(11)17)16-10-12-6-4-8-15(12)19-16/h2-3,5,7,10,14,18H,4,6,8-9H2,1H3. The molecule has 0 spiro atoms. The largest absolute Gasteiger partial charge is 0.312 e. The van der Waals surface area contributed by atoms with E-state index in [1.807, 2.05) is 30.5 Å². The third-order valence-corrected chi connectivity index (χ3v) is 5.56. The summed E-state index contributed by atoms with van der Waals surface area (Å²) in [6, 6.07) is 10.9. The summed E-state index contributed by atoms with van der Waals surface area (Å²) in [5.41, 5.74) is 2.79. The van der Waals surface area contributed by atoms with Crippen molar-refractivity contribution in [3.05, 3.63) is 56.2 Å². The predicted molar refractivity (Wildman–Crippen MR) is 83.3 cm³/mol. The van der Waals surface area contributed by atoms with Crippen LogP contribution in [0.15, 0.2) is 30.3 Å². The van der Waals surface area contributed by atoms with Crippen LogP contribution < -0.4 is 5.32 Å². The minimum atomic E-state index is 0.371. The lowest BCUT2D eigenvalue weighted by Gasteiger charge is -2.15. The van der Waals surface area contributed by atoms with E-state index in [4.69, 9.17) is 11.6 Å². The van der Waals surface area contributed by atoms with E-state index in [2.05, 4.69) is 23.5 Å². The monoisotopic (exact) mass is 291 g/mol. The fraction of sp³-hybridized carbons (Fsp3) is 0.375. The van der Waals surface area contributed by atoms with Gasteiger partial charge >= 0.3 is 0 Å². The second kappa shape index (κ2) is 5.66. The number of benzene rings is 1. The van der Waals surface area contributed by atoms with Crippen LogP contribution in [-0.2, 0) is 19.3 Å². The lowest BCUT2D eigenvalue weighted by Crippen LogP contribution is -2.17. The maximum atomic E-state index is 6.26. The number of aryl methyl sites for hydroxylation is 2. The number of nitrogens with one attached hydrogen (secondary N) is 1. The SMILES string of the molecule is CNC(Cc1ccccc1Cl)c1cc2c(s1)CCC2. The Hall–Kier alpha value is -0.830. The number of rotatable bonds is 4.